The van der Waals surface area contributed by atoms with Crippen molar-refractivity contribution in [1.82, 2.24) is 0 Å². The first-order chi connectivity index (χ1) is 6.86. The molecule has 0 aliphatic heterocycles. The van der Waals surface area contributed by atoms with E-state index in [1.165, 1.54) is 13.2 Å². The molecule has 82 valence electrons. The van der Waals surface area contributed by atoms with Crippen molar-refractivity contribution in [2.75, 3.05) is 13.4 Å². The number of nitro benzene ring substituents is 1. The van der Waals surface area contributed by atoms with Gasteiger partial charge in [0.1, 0.15) is 0 Å². The highest BCUT2D eigenvalue weighted by Gasteiger charge is 2.17. The highest BCUT2D eigenvalue weighted by molar-refractivity contribution is 7.90. The predicted octanol–water partition coefficient (Wildman–Crippen LogP) is 1.01. The molecule has 0 spiro atoms. The molecule has 6 nitrogen and oxygen atoms in total. The summed E-state index contributed by atoms with van der Waals surface area (Å²) in [5.74, 6) is -0.0667. The summed E-state index contributed by atoms with van der Waals surface area (Å²) in [6.45, 7) is 0. The van der Waals surface area contributed by atoms with E-state index in [1.807, 2.05) is 0 Å². The Morgan fingerprint density at radius 1 is 1.40 bits per heavy atom. The van der Waals surface area contributed by atoms with Crippen molar-refractivity contribution >= 4 is 15.5 Å². The molecular formula is C8H9NO5S. The molecule has 0 radical (unpaired) electrons. The molecule has 0 aliphatic rings. The van der Waals surface area contributed by atoms with Crippen molar-refractivity contribution in [2.45, 2.75) is 4.90 Å². The lowest BCUT2D eigenvalue weighted by Gasteiger charge is -2.03. The number of hydrogen-bond acceptors (Lipinski definition) is 5. The van der Waals surface area contributed by atoms with Crippen LogP contribution in [0, 0.1) is 10.1 Å². The van der Waals surface area contributed by atoms with E-state index in [1.54, 1.807) is 0 Å². The van der Waals surface area contributed by atoms with Gasteiger partial charge in [0.25, 0.3) is 0 Å². The van der Waals surface area contributed by atoms with E-state index in [-0.39, 0.29) is 16.3 Å². The third-order valence-corrected chi connectivity index (χ3v) is 2.89. The number of hydrogen-bond donors (Lipinski definition) is 0. The number of nitro groups is 1. The molecule has 0 amide bonds. The highest BCUT2D eigenvalue weighted by Crippen LogP contribution is 2.29. The summed E-state index contributed by atoms with van der Waals surface area (Å²) < 4.78 is 27.0. The Balaban J connectivity index is 3.38. The van der Waals surface area contributed by atoms with Crippen LogP contribution in [0.15, 0.2) is 23.1 Å². The minimum atomic E-state index is -3.38. The first-order valence-corrected chi connectivity index (χ1v) is 5.78. The van der Waals surface area contributed by atoms with Gasteiger partial charge in [-0.05, 0) is 6.07 Å². The molecule has 0 N–H and O–H groups in total. The van der Waals surface area contributed by atoms with Crippen LogP contribution in [-0.4, -0.2) is 26.7 Å². The lowest BCUT2D eigenvalue weighted by molar-refractivity contribution is -0.385. The number of ether oxygens (including phenoxy) is 1. The van der Waals surface area contributed by atoms with E-state index in [9.17, 15) is 18.5 Å². The van der Waals surface area contributed by atoms with Crippen molar-refractivity contribution in [2.24, 2.45) is 0 Å². The topological polar surface area (TPSA) is 86.5 Å². The zero-order chi connectivity index (χ0) is 11.6. The molecule has 0 aromatic heterocycles. The van der Waals surface area contributed by atoms with E-state index < -0.39 is 14.8 Å². The fraction of sp³-hybridized carbons (Fsp3) is 0.250. The summed E-state index contributed by atoms with van der Waals surface area (Å²) in [4.78, 5) is 9.87. The molecule has 7 heteroatoms. The maximum Gasteiger partial charge on any atom is 0.310 e. The summed E-state index contributed by atoms with van der Waals surface area (Å²) in [5, 5.41) is 10.5. The van der Waals surface area contributed by atoms with Gasteiger partial charge < -0.3 is 4.74 Å². The molecule has 0 bridgehead atoms. The second kappa shape index (κ2) is 3.85. The summed E-state index contributed by atoms with van der Waals surface area (Å²) in [7, 11) is -2.14. The Labute approximate surface area is 86.6 Å². The molecule has 0 saturated heterocycles. The third-order valence-electron chi connectivity index (χ3n) is 1.78. The molecule has 0 unspecified atom stereocenters. The van der Waals surface area contributed by atoms with E-state index in [4.69, 9.17) is 4.74 Å². The molecule has 15 heavy (non-hydrogen) atoms. The number of rotatable bonds is 3. The quantitative estimate of drug-likeness (QED) is 0.572. The first-order valence-electron chi connectivity index (χ1n) is 3.88. The zero-order valence-electron chi connectivity index (χ0n) is 8.13. The van der Waals surface area contributed by atoms with E-state index in [2.05, 4.69) is 0 Å². The summed E-state index contributed by atoms with van der Waals surface area (Å²) in [5.41, 5.74) is -0.259. The maximum absolute atomic E-state index is 11.2. The van der Waals surface area contributed by atoms with Gasteiger partial charge in [-0.3, -0.25) is 10.1 Å². The first kappa shape index (κ1) is 11.4. The van der Waals surface area contributed by atoms with Gasteiger partial charge in [0.2, 0.25) is 0 Å². The van der Waals surface area contributed by atoms with Crippen molar-refractivity contribution in [3.63, 3.8) is 0 Å². The van der Waals surface area contributed by atoms with Crippen LogP contribution in [0.25, 0.3) is 0 Å². The molecule has 0 fully saturated rings. The molecule has 1 aromatic carbocycles. The van der Waals surface area contributed by atoms with Crippen LogP contribution >= 0.6 is 0 Å². The molecule has 0 atom stereocenters. The fourth-order valence-corrected chi connectivity index (χ4v) is 1.68. The number of sulfone groups is 1. The Morgan fingerprint density at radius 3 is 2.40 bits per heavy atom. The van der Waals surface area contributed by atoms with Crippen LogP contribution in [0.3, 0.4) is 0 Å². The fourth-order valence-electron chi connectivity index (χ4n) is 1.04. The van der Waals surface area contributed by atoms with E-state index in [0.717, 1.165) is 18.4 Å². The Kier molecular flexibility index (Phi) is 2.94. The molecule has 0 aliphatic carbocycles. The van der Waals surface area contributed by atoms with Gasteiger partial charge in [-0.1, -0.05) is 0 Å². The van der Waals surface area contributed by atoms with Crippen molar-refractivity contribution in [1.29, 1.82) is 0 Å². The third kappa shape index (κ3) is 2.44. The number of methoxy groups -OCH3 is 1. The van der Waals surface area contributed by atoms with Crippen molar-refractivity contribution in [3.8, 4) is 5.75 Å². The minimum Gasteiger partial charge on any atom is -0.490 e. The molecular weight excluding hydrogens is 222 g/mol. The molecule has 1 rings (SSSR count). The second-order valence-corrected chi connectivity index (χ2v) is 4.88. The van der Waals surface area contributed by atoms with E-state index in [0.29, 0.717) is 0 Å². The highest BCUT2D eigenvalue weighted by atomic mass is 32.2. The van der Waals surface area contributed by atoms with Crippen molar-refractivity contribution < 1.29 is 18.1 Å². The second-order valence-electron chi connectivity index (χ2n) is 2.86. The Hall–Kier alpha value is -1.63. The molecule has 1 aromatic rings. The lowest BCUT2D eigenvalue weighted by Crippen LogP contribution is -2.00. The summed E-state index contributed by atoms with van der Waals surface area (Å²) in [6.07, 6.45) is 1.02. The lowest BCUT2D eigenvalue weighted by atomic mass is 10.3. The van der Waals surface area contributed by atoms with Gasteiger partial charge in [0, 0.05) is 18.4 Å². The summed E-state index contributed by atoms with van der Waals surface area (Å²) >= 11 is 0. The molecule has 0 heterocycles. The number of benzene rings is 1. The predicted molar refractivity (Wildman–Crippen MR) is 52.8 cm³/mol. The van der Waals surface area contributed by atoms with Gasteiger partial charge in [0.15, 0.2) is 15.6 Å². The summed E-state index contributed by atoms with van der Waals surface area (Å²) in [6, 6.07) is 3.42. The maximum atomic E-state index is 11.2. The zero-order valence-corrected chi connectivity index (χ0v) is 8.95. The van der Waals surface area contributed by atoms with Crippen LogP contribution in [0.4, 0.5) is 5.69 Å². The monoisotopic (exact) mass is 231 g/mol. The van der Waals surface area contributed by atoms with E-state index >= 15 is 0 Å². The van der Waals surface area contributed by atoms with Gasteiger partial charge in [-0.25, -0.2) is 8.42 Å². The van der Waals surface area contributed by atoms with Crippen LogP contribution in [0.2, 0.25) is 0 Å². The minimum absolute atomic E-state index is 0.00931. The Morgan fingerprint density at radius 2 is 2.00 bits per heavy atom. The van der Waals surface area contributed by atoms with Crippen molar-refractivity contribution in [3.05, 3.63) is 28.3 Å². The van der Waals surface area contributed by atoms with Crippen LogP contribution in [-0.2, 0) is 9.84 Å². The Bertz CT molecular complexity index is 494. The largest absolute Gasteiger partial charge is 0.490 e. The average molecular weight is 231 g/mol. The smallest absolute Gasteiger partial charge is 0.310 e. The van der Waals surface area contributed by atoms with Gasteiger partial charge in [0.05, 0.1) is 16.9 Å². The van der Waals surface area contributed by atoms with Gasteiger partial charge in [-0.15, -0.1) is 0 Å². The van der Waals surface area contributed by atoms with Gasteiger partial charge in [-0.2, -0.15) is 0 Å². The van der Waals surface area contributed by atoms with Crippen LogP contribution in [0.1, 0.15) is 0 Å². The van der Waals surface area contributed by atoms with Crippen LogP contribution in [0.5, 0.6) is 5.75 Å². The average Bonchev–Trinajstić information content (AvgIpc) is 2.15. The van der Waals surface area contributed by atoms with Gasteiger partial charge >= 0.3 is 5.69 Å². The number of nitrogens with zero attached hydrogens (tertiary/aromatic N) is 1. The normalized spacial score (nSPS) is 11.1. The standard InChI is InChI=1S/C8H9NO5S/c1-14-8-5-6(15(2,12)13)3-4-7(8)9(10)11/h3-5H,1-2H3. The SMILES string of the molecule is COc1cc(S(C)(=O)=O)ccc1[N+](=O)[O-]. The molecule has 0 saturated carbocycles. The van der Waals surface area contributed by atoms with Crippen LogP contribution < -0.4 is 4.74 Å².